The number of carbonyl (C=O) groups is 3. The molecule has 0 radical (unpaired) electrons. The molecule has 0 aliphatic heterocycles. The number of carbonyl (C=O) groups excluding carboxylic acids is 3. The van der Waals surface area contributed by atoms with Gasteiger partial charge in [0.25, 0.3) is 5.91 Å². The van der Waals surface area contributed by atoms with Crippen LogP contribution in [0.3, 0.4) is 0 Å². The predicted octanol–water partition coefficient (Wildman–Crippen LogP) is 6.38. The fraction of sp³-hybridized carbons (Fsp3) is 0.385. The molecule has 3 amide bonds. The minimum Gasteiger partial charge on any atom is -0.444 e. The van der Waals surface area contributed by atoms with E-state index < -0.39 is 54.1 Å². The molecule has 0 aliphatic rings. The molecule has 1 unspecified atom stereocenters. The van der Waals surface area contributed by atoms with E-state index in [0.717, 1.165) is 12.1 Å². The molecular formula is C26H29BrF6N4O5. The van der Waals surface area contributed by atoms with Crippen molar-refractivity contribution in [2.24, 2.45) is 0 Å². The third-order valence-corrected chi connectivity index (χ3v) is 5.54. The molecule has 16 heteroatoms. The van der Waals surface area contributed by atoms with Gasteiger partial charge >= 0.3 is 18.4 Å². The highest BCUT2D eigenvalue weighted by atomic mass is 79.9. The Morgan fingerprint density at radius 2 is 1.67 bits per heavy atom. The van der Waals surface area contributed by atoms with Crippen molar-refractivity contribution in [3.8, 4) is 0 Å². The number of benzene rings is 1. The number of amides is 3. The van der Waals surface area contributed by atoms with Crippen LogP contribution in [0.25, 0.3) is 0 Å². The maximum atomic E-state index is 13.4. The molecule has 42 heavy (non-hydrogen) atoms. The molecule has 0 fully saturated rings. The van der Waals surface area contributed by atoms with E-state index in [1.54, 1.807) is 62.0 Å². The van der Waals surface area contributed by atoms with Crippen molar-refractivity contribution >= 4 is 40.0 Å². The van der Waals surface area contributed by atoms with Gasteiger partial charge < -0.3 is 9.47 Å². The lowest BCUT2D eigenvalue weighted by molar-refractivity contribution is -0.270. The lowest BCUT2D eigenvalue weighted by Crippen LogP contribution is -2.60. The minimum absolute atomic E-state index is 0.0458. The average molecular weight is 671 g/mol. The first kappa shape index (κ1) is 36.4. The van der Waals surface area contributed by atoms with E-state index >= 15 is 0 Å². The highest BCUT2D eigenvalue weighted by Crippen LogP contribution is 2.38. The van der Waals surface area contributed by atoms with Gasteiger partial charge in [0, 0.05) is 6.42 Å². The van der Waals surface area contributed by atoms with Gasteiger partial charge in [-0.1, -0.05) is 36.4 Å². The molecule has 0 saturated carbocycles. The van der Waals surface area contributed by atoms with E-state index in [1.807, 2.05) is 0 Å². The third kappa shape index (κ3) is 11.0. The van der Waals surface area contributed by atoms with Crippen molar-refractivity contribution in [1.82, 2.24) is 15.8 Å². The molecule has 0 spiro atoms. The summed E-state index contributed by atoms with van der Waals surface area (Å²) in [6.45, 7) is 9.24. The highest BCUT2D eigenvalue weighted by molar-refractivity contribution is 9.10. The van der Waals surface area contributed by atoms with Crippen LogP contribution in [-0.4, -0.2) is 40.8 Å². The molecular weight excluding hydrogens is 642 g/mol. The van der Waals surface area contributed by atoms with Gasteiger partial charge in [-0.15, -0.1) is 6.58 Å². The maximum Gasteiger partial charge on any atom is 0.427 e. The molecule has 2 rings (SSSR count). The molecule has 0 aliphatic carbocycles. The van der Waals surface area contributed by atoms with Gasteiger partial charge in [-0.2, -0.15) is 26.3 Å². The van der Waals surface area contributed by atoms with Crippen LogP contribution in [0.2, 0.25) is 0 Å². The standard InChI is InChI=1S/C14H15F3N2O3.C12H14BrF3N2O2/c1-2-8-13(14(15,16)17,12(21)19-18-10-20)22-9-11-6-4-3-5-7-11;1-6-8(18-10(19)20-11(2,3)4)5-7(9(13)17-6)12(14,15)16/h2-7,10H,1,8-9H2,(H,18,20)(H,19,21);5H,1-4H3,(H,18,19). The highest BCUT2D eigenvalue weighted by Gasteiger charge is 2.61. The molecule has 0 saturated heterocycles. The molecule has 1 aromatic carbocycles. The zero-order valence-electron chi connectivity index (χ0n) is 22.9. The number of pyridine rings is 1. The maximum absolute atomic E-state index is 13.4. The number of hydrogen-bond acceptors (Lipinski definition) is 6. The molecule has 1 atom stereocenters. The fourth-order valence-electron chi connectivity index (χ4n) is 3.04. The summed E-state index contributed by atoms with van der Waals surface area (Å²) in [5.41, 5.74) is -0.837. The van der Waals surface area contributed by atoms with E-state index in [2.05, 4.69) is 32.8 Å². The largest absolute Gasteiger partial charge is 0.444 e. The first-order valence-electron chi connectivity index (χ1n) is 11.9. The van der Waals surface area contributed by atoms with E-state index in [-0.39, 0.29) is 22.4 Å². The second-order valence-electron chi connectivity index (χ2n) is 9.39. The number of aromatic nitrogens is 1. The van der Waals surface area contributed by atoms with E-state index in [4.69, 9.17) is 9.47 Å². The smallest absolute Gasteiger partial charge is 0.427 e. The van der Waals surface area contributed by atoms with E-state index in [0.29, 0.717) is 5.56 Å². The Balaban J connectivity index is 0.000000422. The lowest BCUT2D eigenvalue weighted by atomic mass is 9.97. The average Bonchev–Trinajstić information content (AvgIpc) is 2.85. The van der Waals surface area contributed by atoms with Crippen LogP contribution < -0.4 is 16.2 Å². The van der Waals surface area contributed by atoms with Gasteiger partial charge in [0.2, 0.25) is 12.0 Å². The van der Waals surface area contributed by atoms with Crippen LogP contribution in [0, 0.1) is 6.92 Å². The first-order chi connectivity index (χ1) is 19.3. The summed E-state index contributed by atoms with van der Waals surface area (Å²) in [6.07, 6.45) is -10.2. The van der Waals surface area contributed by atoms with Gasteiger partial charge in [0.15, 0.2) is 0 Å². The molecule has 1 aromatic heterocycles. The molecule has 2 aromatic rings. The Hall–Kier alpha value is -3.66. The molecule has 3 N–H and O–H groups in total. The number of halogens is 7. The van der Waals surface area contributed by atoms with Crippen molar-refractivity contribution in [1.29, 1.82) is 0 Å². The summed E-state index contributed by atoms with van der Waals surface area (Å²) in [6, 6.07) is 8.92. The van der Waals surface area contributed by atoms with Crippen LogP contribution in [0.5, 0.6) is 0 Å². The van der Waals surface area contributed by atoms with Crippen LogP contribution in [0.4, 0.5) is 36.8 Å². The minimum atomic E-state index is -5.00. The van der Waals surface area contributed by atoms with Crippen molar-refractivity contribution < 1.29 is 50.2 Å². The monoisotopic (exact) mass is 670 g/mol. The number of rotatable bonds is 9. The van der Waals surface area contributed by atoms with Gasteiger partial charge in [0.05, 0.1) is 23.6 Å². The summed E-state index contributed by atoms with van der Waals surface area (Å²) in [5.74, 6) is -1.53. The normalized spacial score (nSPS) is 13.0. The second kappa shape index (κ2) is 15.0. The fourth-order valence-corrected chi connectivity index (χ4v) is 3.64. The lowest BCUT2D eigenvalue weighted by Gasteiger charge is -2.33. The summed E-state index contributed by atoms with van der Waals surface area (Å²) < 4.78 is 88.0. The zero-order valence-corrected chi connectivity index (χ0v) is 24.5. The second-order valence-corrected chi connectivity index (χ2v) is 10.1. The Morgan fingerprint density at radius 1 is 1.07 bits per heavy atom. The van der Waals surface area contributed by atoms with Crippen molar-refractivity contribution in [3.63, 3.8) is 0 Å². The third-order valence-electron chi connectivity index (χ3n) is 4.94. The number of hydrazine groups is 1. The number of alkyl halides is 6. The number of ether oxygens (including phenoxy) is 2. The van der Waals surface area contributed by atoms with Crippen LogP contribution in [0.15, 0.2) is 53.7 Å². The number of nitrogens with zero attached hydrogens (tertiary/aromatic N) is 1. The van der Waals surface area contributed by atoms with Crippen molar-refractivity contribution in [3.05, 3.63) is 70.5 Å². The Kier molecular flexibility index (Phi) is 13.0. The summed E-state index contributed by atoms with van der Waals surface area (Å²) >= 11 is 2.76. The molecule has 232 valence electrons. The molecule has 9 nitrogen and oxygen atoms in total. The van der Waals surface area contributed by atoms with E-state index in [9.17, 15) is 40.7 Å². The van der Waals surface area contributed by atoms with Gasteiger partial charge in [0.1, 0.15) is 10.2 Å². The summed E-state index contributed by atoms with van der Waals surface area (Å²) in [7, 11) is 0. The van der Waals surface area contributed by atoms with Crippen LogP contribution >= 0.6 is 15.9 Å². The molecule has 0 bridgehead atoms. The first-order valence-corrected chi connectivity index (χ1v) is 12.7. The number of anilines is 1. The zero-order chi connectivity index (χ0) is 32.4. The van der Waals surface area contributed by atoms with Crippen LogP contribution in [0.1, 0.15) is 44.0 Å². The Bertz CT molecular complexity index is 1240. The topological polar surface area (TPSA) is 119 Å². The van der Waals surface area contributed by atoms with Gasteiger partial charge in [-0.25, -0.2) is 9.78 Å². The number of nitrogens with one attached hydrogen (secondary N) is 3. The summed E-state index contributed by atoms with van der Waals surface area (Å²) in [4.78, 5) is 37.3. The van der Waals surface area contributed by atoms with Crippen molar-refractivity contribution in [2.45, 2.75) is 64.3 Å². The quantitative estimate of drug-likeness (QED) is 0.0938. The Morgan fingerprint density at radius 3 is 2.14 bits per heavy atom. The van der Waals surface area contributed by atoms with Gasteiger partial charge in [-0.3, -0.25) is 25.8 Å². The number of hydrogen-bond donors (Lipinski definition) is 3. The van der Waals surface area contributed by atoms with Crippen molar-refractivity contribution in [2.75, 3.05) is 5.32 Å². The SMILES string of the molecule is C=CCC(OCc1ccccc1)(C(=O)NNC=O)C(F)(F)F.Cc1nc(Br)c(C(F)(F)F)cc1NC(=O)OC(C)(C)C. The molecule has 1 heterocycles. The van der Waals surface area contributed by atoms with Crippen LogP contribution in [-0.2, 0) is 31.8 Å². The Labute approximate surface area is 246 Å². The predicted molar refractivity (Wildman–Crippen MR) is 144 cm³/mol. The van der Waals surface area contributed by atoms with E-state index in [1.165, 1.54) is 6.92 Å². The summed E-state index contributed by atoms with van der Waals surface area (Å²) in [5, 5.41) is 2.26. The van der Waals surface area contributed by atoms with Gasteiger partial charge in [-0.05, 0) is 55.3 Å². The number of aryl methyl sites for hydroxylation is 1.